The Labute approximate surface area is 206 Å². The van der Waals surface area contributed by atoms with Crippen molar-refractivity contribution in [1.82, 2.24) is 24.2 Å². The first-order valence-electron chi connectivity index (χ1n) is 11.7. The Kier molecular flexibility index (Phi) is 6.38. The Bertz CT molecular complexity index is 1460. The standard InChI is InChI=1S/C26H26FN5O4/c1-36-25(34)21-5-3-2-4-18(21)15-30-12-10-26(35,11-13-30)16-31-17-28-23-22(24(31)33)14-29-32(23)20-8-6-19(27)7-9-20/h2-9,14,17,35H,10-13,15-16H2,1H3. The van der Waals surface area contributed by atoms with E-state index in [0.29, 0.717) is 54.8 Å². The summed E-state index contributed by atoms with van der Waals surface area (Å²) in [6, 6.07) is 13.1. The predicted octanol–water partition coefficient (Wildman–Crippen LogP) is 2.54. The molecule has 2 aromatic carbocycles. The fourth-order valence-electron chi connectivity index (χ4n) is 4.64. The van der Waals surface area contributed by atoms with Crippen LogP contribution in [0.25, 0.3) is 16.7 Å². The third-order valence-corrected chi connectivity index (χ3v) is 6.69. The van der Waals surface area contributed by atoms with Crippen LogP contribution in [0.3, 0.4) is 0 Å². The van der Waals surface area contributed by atoms with E-state index in [1.54, 1.807) is 24.3 Å². The van der Waals surface area contributed by atoms with E-state index in [1.807, 2.05) is 12.1 Å². The van der Waals surface area contributed by atoms with Crippen molar-refractivity contribution in [2.24, 2.45) is 0 Å². The average Bonchev–Trinajstić information content (AvgIpc) is 3.32. The smallest absolute Gasteiger partial charge is 0.338 e. The minimum Gasteiger partial charge on any atom is -0.465 e. The molecule has 0 amide bonds. The van der Waals surface area contributed by atoms with E-state index in [4.69, 9.17) is 4.74 Å². The summed E-state index contributed by atoms with van der Waals surface area (Å²) in [7, 11) is 1.36. The van der Waals surface area contributed by atoms with Gasteiger partial charge in [0.25, 0.3) is 5.56 Å². The average molecular weight is 492 g/mol. The zero-order valence-electron chi connectivity index (χ0n) is 19.8. The number of rotatable bonds is 6. The lowest BCUT2D eigenvalue weighted by atomic mass is 9.90. The van der Waals surface area contributed by atoms with Crippen LogP contribution in [-0.4, -0.2) is 61.1 Å². The normalized spacial score (nSPS) is 15.8. The number of aliphatic hydroxyl groups is 1. The number of hydrogen-bond donors (Lipinski definition) is 1. The fourth-order valence-corrected chi connectivity index (χ4v) is 4.64. The maximum Gasteiger partial charge on any atom is 0.338 e. The fraction of sp³-hybridized carbons (Fsp3) is 0.308. The van der Waals surface area contributed by atoms with Gasteiger partial charge in [-0.25, -0.2) is 18.9 Å². The van der Waals surface area contributed by atoms with Gasteiger partial charge in [-0.2, -0.15) is 5.10 Å². The quantitative estimate of drug-likeness (QED) is 0.414. The molecule has 1 fully saturated rings. The van der Waals surface area contributed by atoms with Crippen molar-refractivity contribution in [1.29, 1.82) is 0 Å². The molecule has 0 aliphatic carbocycles. The van der Waals surface area contributed by atoms with Crippen molar-refractivity contribution in [2.75, 3.05) is 20.2 Å². The van der Waals surface area contributed by atoms with Crippen molar-refractivity contribution in [3.05, 3.63) is 88.4 Å². The predicted molar refractivity (Wildman–Crippen MR) is 130 cm³/mol. The first-order chi connectivity index (χ1) is 17.4. The van der Waals surface area contributed by atoms with Crippen molar-refractivity contribution in [3.63, 3.8) is 0 Å². The maximum absolute atomic E-state index is 13.3. The van der Waals surface area contributed by atoms with Gasteiger partial charge in [0.1, 0.15) is 17.5 Å². The van der Waals surface area contributed by atoms with Gasteiger partial charge >= 0.3 is 5.97 Å². The number of hydrogen-bond acceptors (Lipinski definition) is 7. The molecular weight excluding hydrogens is 465 g/mol. The van der Waals surface area contributed by atoms with Crippen LogP contribution in [0.15, 0.2) is 65.8 Å². The lowest BCUT2D eigenvalue weighted by Gasteiger charge is -2.38. The summed E-state index contributed by atoms with van der Waals surface area (Å²) in [4.78, 5) is 31.8. The number of halogens is 1. The molecule has 1 aliphatic heterocycles. The van der Waals surface area contributed by atoms with E-state index in [9.17, 15) is 19.1 Å². The van der Waals surface area contributed by atoms with Crippen LogP contribution < -0.4 is 5.56 Å². The van der Waals surface area contributed by atoms with Gasteiger partial charge in [-0.1, -0.05) is 18.2 Å². The van der Waals surface area contributed by atoms with Crippen molar-refractivity contribution in [3.8, 4) is 5.69 Å². The highest BCUT2D eigenvalue weighted by Gasteiger charge is 2.33. The second-order valence-electron chi connectivity index (χ2n) is 9.10. The Morgan fingerprint density at radius 2 is 1.86 bits per heavy atom. The summed E-state index contributed by atoms with van der Waals surface area (Å²) in [5, 5.41) is 15.8. The lowest BCUT2D eigenvalue weighted by molar-refractivity contribution is -0.0365. The molecule has 36 heavy (non-hydrogen) atoms. The Hall–Kier alpha value is -3.89. The van der Waals surface area contributed by atoms with Crippen LogP contribution in [0.2, 0.25) is 0 Å². The van der Waals surface area contributed by atoms with Crippen LogP contribution in [0.4, 0.5) is 4.39 Å². The van der Waals surface area contributed by atoms with E-state index in [0.717, 1.165) is 5.56 Å². The summed E-state index contributed by atoms with van der Waals surface area (Å²) in [6.45, 7) is 1.90. The number of likely N-dealkylation sites (tertiary alicyclic amines) is 1. The van der Waals surface area contributed by atoms with Crippen LogP contribution in [0.1, 0.15) is 28.8 Å². The van der Waals surface area contributed by atoms with Crippen molar-refractivity contribution < 1.29 is 19.0 Å². The molecular formula is C26H26FN5O4. The molecule has 0 spiro atoms. The maximum atomic E-state index is 13.3. The summed E-state index contributed by atoms with van der Waals surface area (Å²) in [5.41, 5.74) is 1.01. The zero-order chi connectivity index (χ0) is 25.3. The molecule has 1 saturated heterocycles. The Morgan fingerprint density at radius 1 is 1.14 bits per heavy atom. The molecule has 10 heteroatoms. The largest absolute Gasteiger partial charge is 0.465 e. The highest BCUT2D eigenvalue weighted by Crippen LogP contribution is 2.26. The number of benzene rings is 2. The molecule has 0 unspecified atom stereocenters. The van der Waals surface area contributed by atoms with Crippen LogP contribution in [0.5, 0.6) is 0 Å². The summed E-state index contributed by atoms with van der Waals surface area (Å²) >= 11 is 0. The summed E-state index contributed by atoms with van der Waals surface area (Å²) < 4.78 is 21.1. The van der Waals surface area contributed by atoms with E-state index in [-0.39, 0.29) is 23.9 Å². The third-order valence-electron chi connectivity index (χ3n) is 6.69. The van der Waals surface area contributed by atoms with Gasteiger partial charge in [0.15, 0.2) is 5.65 Å². The highest BCUT2D eigenvalue weighted by atomic mass is 19.1. The SMILES string of the molecule is COC(=O)c1ccccc1CN1CCC(O)(Cn2cnc3c(cnn3-c3ccc(F)cc3)c2=O)CC1. The van der Waals surface area contributed by atoms with Gasteiger partial charge in [0.05, 0.1) is 36.7 Å². The van der Waals surface area contributed by atoms with Gasteiger partial charge in [-0.3, -0.25) is 14.3 Å². The molecule has 2 aromatic heterocycles. The topological polar surface area (TPSA) is 102 Å². The van der Waals surface area contributed by atoms with Crippen LogP contribution >= 0.6 is 0 Å². The zero-order valence-corrected chi connectivity index (χ0v) is 19.8. The van der Waals surface area contributed by atoms with Crippen molar-refractivity contribution >= 4 is 17.0 Å². The summed E-state index contributed by atoms with van der Waals surface area (Å²) in [5.74, 6) is -0.735. The Morgan fingerprint density at radius 3 is 2.58 bits per heavy atom. The van der Waals surface area contributed by atoms with Gasteiger partial charge in [-0.15, -0.1) is 0 Å². The third kappa shape index (κ3) is 4.65. The van der Waals surface area contributed by atoms with Gasteiger partial charge in [-0.05, 0) is 48.7 Å². The number of esters is 1. The number of fused-ring (bicyclic) bond motifs is 1. The molecule has 0 bridgehead atoms. The molecule has 5 rings (SSSR count). The molecule has 1 N–H and O–H groups in total. The molecule has 0 radical (unpaired) electrons. The monoisotopic (exact) mass is 491 g/mol. The number of methoxy groups -OCH3 is 1. The molecule has 4 aromatic rings. The molecule has 1 aliphatic rings. The van der Waals surface area contributed by atoms with E-state index >= 15 is 0 Å². The minimum absolute atomic E-state index is 0.114. The van der Waals surface area contributed by atoms with Crippen LogP contribution in [0, 0.1) is 5.82 Å². The molecule has 186 valence electrons. The van der Waals surface area contributed by atoms with E-state index in [2.05, 4.69) is 15.0 Å². The Balaban J connectivity index is 1.29. The van der Waals surface area contributed by atoms with Gasteiger partial charge in [0, 0.05) is 19.6 Å². The number of nitrogens with zero attached hydrogens (tertiary/aromatic N) is 5. The first kappa shape index (κ1) is 23.8. The van der Waals surface area contributed by atoms with E-state index < -0.39 is 5.60 Å². The molecule has 0 atom stereocenters. The number of ether oxygens (including phenoxy) is 1. The number of carbonyl (C=O) groups excluding carboxylic acids is 1. The molecule has 3 heterocycles. The lowest BCUT2D eigenvalue weighted by Crippen LogP contribution is -2.47. The first-order valence-corrected chi connectivity index (χ1v) is 11.7. The minimum atomic E-state index is -1.06. The number of piperidine rings is 1. The van der Waals surface area contributed by atoms with Crippen molar-refractivity contribution in [2.45, 2.75) is 31.5 Å². The molecule has 9 nitrogen and oxygen atoms in total. The van der Waals surface area contributed by atoms with Gasteiger partial charge in [0.2, 0.25) is 0 Å². The second kappa shape index (κ2) is 9.63. The van der Waals surface area contributed by atoms with Crippen LogP contribution in [-0.2, 0) is 17.8 Å². The highest BCUT2D eigenvalue weighted by molar-refractivity contribution is 5.90. The van der Waals surface area contributed by atoms with E-state index in [1.165, 1.54) is 41.0 Å². The second-order valence-corrected chi connectivity index (χ2v) is 9.10. The number of aromatic nitrogens is 4. The summed E-state index contributed by atoms with van der Waals surface area (Å²) in [6.07, 6.45) is 3.79. The molecule has 0 saturated carbocycles. The number of carbonyl (C=O) groups is 1. The van der Waals surface area contributed by atoms with Gasteiger partial charge < -0.3 is 9.84 Å².